The van der Waals surface area contributed by atoms with E-state index >= 15 is 0 Å². The van der Waals surface area contributed by atoms with Crippen molar-refractivity contribution >= 4 is 40.6 Å². The number of carbonyl (C=O) groups excluding carboxylic acids is 1. The van der Waals surface area contributed by atoms with Gasteiger partial charge >= 0.3 is 11.9 Å². The van der Waals surface area contributed by atoms with Crippen LogP contribution < -0.4 is 27.2 Å². The average molecular weight is 499 g/mol. The molecule has 14 heteroatoms. The van der Waals surface area contributed by atoms with Gasteiger partial charge in [0.15, 0.2) is 11.2 Å². The average Bonchev–Trinajstić information content (AvgIpc) is 2.84. The summed E-state index contributed by atoms with van der Waals surface area (Å²) < 4.78 is 0. The molecule has 2 atom stereocenters. The molecule has 36 heavy (non-hydrogen) atoms. The lowest BCUT2D eigenvalue weighted by Crippen LogP contribution is -2.42. The highest BCUT2D eigenvalue weighted by molar-refractivity contribution is 5.97. The van der Waals surface area contributed by atoms with Gasteiger partial charge in [0, 0.05) is 17.7 Å². The van der Waals surface area contributed by atoms with Crippen LogP contribution in [0.15, 0.2) is 35.3 Å². The lowest BCUT2D eigenvalue weighted by atomic mass is 10.1. The first-order chi connectivity index (χ1) is 17.1. The fourth-order valence-electron chi connectivity index (χ4n) is 3.41. The van der Waals surface area contributed by atoms with Gasteiger partial charge in [-0.25, -0.2) is 14.8 Å². The van der Waals surface area contributed by atoms with Crippen molar-refractivity contribution in [3.8, 4) is 0 Å². The third kappa shape index (κ3) is 6.29. The number of nitrogens with zero attached hydrogens (tertiary/aromatic N) is 4. The molecule has 3 aromatic rings. The maximum Gasteiger partial charge on any atom is 0.326 e. The number of hydrogen-bond donors (Lipinski definition) is 6. The summed E-state index contributed by atoms with van der Waals surface area (Å²) in [6, 6.07) is 4.94. The predicted molar refractivity (Wildman–Crippen MR) is 129 cm³/mol. The fourth-order valence-corrected chi connectivity index (χ4v) is 3.41. The number of nitrogens with one attached hydrogen (secondary N) is 2. The maximum atomic E-state index is 12.5. The van der Waals surface area contributed by atoms with Gasteiger partial charge in [-0.2, -0.15) is 4.98 Å². The molecule has 0 aliphatic heterocycles. The Labute approximate surface area is 204 Å². The summed E-state index contributed by atoms with van der Waals surface area (Å²) in [4.78, 5) is 63.4. The van der Waals surface area contributed by atoms with Gasteiger partial charge < -0.3 is 31.9 Å². The number of hydrogen-bond acceptors (Lipinski definition) is 10. The normalized spacial score (nSPS) is 12.6. The number of fused-ring (bicyclic) bond motifs is 1. The number of carboxylic acids is 2. The van der Waals surface area contributed by atoms with Crippen LogP contribution in [-0.2, 0) is 16.1 Å². The third-order valence-electron chi connectivity index (χ3n) is 5.35. The first-order valence-corrected chi connectivity index (χ1v) is 11.0. The Morgan fingerprint density at radius 1 is 1.17 bits per heavy atom. The molecule has 1 unspecified atom stereocenters. The molecule has 0 fully saturated rings. The summed E-state index contributed by atoms with van der Waals surface area (Å²) in [5, 5.41) is 20.4. The van der Waals surface area contributed by atoms with Crippen LogP contribution in [-0.4, -0.2) is 60.2 Å². The van der Waals surface area contributed by atoms with Crippen LogP contribution in [0, 0.1) is 0 Å². The zero-order chi connectivity index (χ0) is 26.4. The molecular formula is C22H26N8O6. The highest BCUT2D eigenvalue weighted by atomic mass is 16.4. The largest absolute Gasteiger partial charge is 0.481 e. The SMILES string of the molecule is CCC(N)N(Cc1cnc2nc(N)[nH]c(=O)c2n1)c1ccc(C(=O)N[C@@H](CCC(=O)O)C(=O)O)cc1. The van der Waals surface area contributed by atoms with Gasteiger partial charge in [-0.15, -0.1) is 0 Å². The van der Waals surface area contributed by atoms with Gasteiger partial charge in [0.2, 0.25) is 5.95 Å². The second-order valence-electron chi connectivity index (χ2n) is 7.93. The zero-order valence-electron chi connectivity index (χ0n) is 19.3. The molecule has 14 nitrogen and oxygen atoms in total. The Bertz CT molecular complexity index is 1330. The summed E-state index contributed by atoms with van der Waals surface area (Å²) in [7, 11) is 0. The minimum Gasteiger partial charge on any atom is -0.481 e. The van der Waals surface area contributed by atoms with Crippen LogP contribution in [0.25, 0.3) is 11.2 Å². The van der Waals surface area contributed by atoms with Crippen LogP contribution >= 0.6 is 0 Å². The van der Waals surface area contributed by atoms with E-state index in [4.69, 9.17) is 16.6 Å². The van der Waals surface area contributed by atoms with E-state index in [1.807, 2.05) is 11.8 Å². The van der Waals surface area contributed by atoms with Crippen molar-refractivity contribution in [3.63, 3.8) is 0 Å². The Hall–Kier alpha value is -4.59. The van der Waals surface area contributed by atoms with Crippen molar-refractivity contribution in [3.05, 3.63) is 52.1 Å². The number of aromatic amines is 1. The number of amides is 1. The number of aliphatic carboxylic acids is 2. The summed E-state index contributed by atoms with van der Waals surface area (Å²) in [6.07, 6.45) is 0.969. The standard InChI is InChI=1S/C22H26N8O6/c1-2-15(23)30(10-12-9-25-18-17(26-12)20(34)29-22(24)28-18)13-5-3-11(4-6-13)19(33)27-14(21(35)36)7-8-16(31)32/h3-6,9,14-15H,2,7-8,10,23H2,1H3,(H,27,33)(H,31,32)(H,35,36)(H3,24,25,28,29,34)/t14-,15?/m0/s1. The first kappa shape index (κ1) is 26.0. The van der Waals surface area contributed by atoms with Gasteiger partial charge in [0.1, 0.15) is 6.04 Å². The Kier molecular flexibility index (Phi) is 8.11. The molecular weight excluding hydrogens is 472 g/mol. The Balaban J connectivity index is 1.80. The van der Waals surface area contributed by atoms with Crippen LogP contribution in [0.5, 0.6) is 0 Å². The van der Waals surface area contributed by atoms with Crippen molar-refractivity contribution in [2.75, 3.05) is 10.6 Å². The molecule has 0 spiro atoms. The summed E-state index contributed by atoms with van der Waals surface area (Å²) in [5.74, 6) is -3.20. The molecule has 0 saturated carbocycles. The van der Waals surface area contributed by atoms with E-state index in [9.17, 15) is 24.3 Å². The number of carbonyl (C=O) groups is 3. The van der Waals surface area contributed by atoms with Crippen molar-refractivity contribution in [2.45, 2.75) is 44.9 Å². The summed E-state index contributed by atoms with van der Waals surface area (Å²) in [5.41, 5.74) is 12.8. The second kappa shape index (κ2) is 11.2. The smallest absolute Gasteiger partial charge is 0.326 e. The van der Waals surface area contributed by atoms with Gasteiger partial charge in [-0.05, 0) is 37.1 Å². The predicted octanol–water partition coefficient (Wildman–Crippen LogP) is 0.0445. The molecule has 2 heterocycles. The van der Waals surface area contributed by atoms with Crippen LogP contribution in [0.1, 0.15) is 42.2 Å². The van der Waals surface area contributed by atoms with Gasteiger partial charge in [-0.3, -0.25) is 19.4 Å². The maximum absolute atomic E-state index is 12.5. The number of aromatic nitrogens is 4. The highest BCUT2D eigenvalue weighted by Crippen LogP contribution is 2.21. The fraction of sp³-hybridized carbons (Fsp3) is 0.318. The lowest BCUT2D eigenvalue weighted by Gasteiger charge is -2.30. The molecule has 8 N–H and O–H groups in total. The van der Waals surface area contributed by atoms with Gasteiger partial charge in [-0.1, -0.05) is 6.92 Å². The minimum absolute atomic E-state index is 0.0367. The Morgan fingerprint density at radius 2 is 1.86 bits per heavy atom. The van der Waals surface area contributed by atoms with Crippen molar-refractivity contribution in [2.24, 2.45) is 5.73 Å². The van der Waals surface area contributed by atoms with Crippen LogP contribution in [0.2, 0.25) is 0 Å². The van der Waals surface area contributed by atoms with E-state index in [2.05, 4.69) is 25.3 Å². The molecule has 1 aromatic carbocycles. The quantitative estimate of drug-likeness (QED) is 0.192. The molecule has 1 amide bonds. The van der Waals surface area contributed by atoms with Crippen molar-refractivity contribution < 1.29 is 24.6 Å². The topological polar surface area (TPSA) is 231 Å². The van der Waals surface area contributed by atoms with E-state index in [1.165, 1.54) is 18.3 Å². The van der Waals surface area contributed by atoms with Crippen LogP contribution in [0.3, 0.4) is 0 Å². The van der Waals surface area contributed by atoms with Gasteiger partial charge in [0.05, 0.1) is 24.6 Å². The van der Waals surface area contributed by atoms with E-state index in [-0.39, 0.29) is 35.6 Å². The number of nitrogens with two attached hydrogens (primary N) is 2. The lowest BCUT2D eigenvalue weighted by molar-refractivity contribution is -0.140. The minimum atomic E-state index is -1.34. The molecule has 190 valence electrons. The molecule has 0 saturated heterocycles. The number of anilines is 2. The van der Waals surface area contributed by atoms with E-state index in [1.54, 1.807) is 12.1 Å². The van der Waals surface area contributed by atoms with Crippen molar-refractivity contribution in [1.29, 1.82) is 0 Å². The molecule has 0 bridgehead atoms. The number of rotatable bonds is 11. The highest BCUT2D eigenvalue weighted by Gasteiger charge is 2.22. The summed E-state index contributed by atoms with van der Waals surface area (Å²) in [6.45, 7) is 2.09. The Morgan fingerprint density at radius 3 is 2.47 bits per heavy atom. The monoisotopic (exact) mass is 498 g/mol. The molecule has 3 rings (SSSR count). The second-order valence-corrected chi connectivity index (χ2v) is 7.93. The number of nitrogen functional groups attached to an aromatic ring is 1. The number of benzene rings is 1. The molecule has 0 radical (unpaired) electrons. The van der Waals surface area contributed by atoms with E-state index in [0.717, 1.165) is 0 Å². The third-order valence-corrected chi connectivity index (χ3v) is 5.35. The van der Waals surface area contributed by atoms with E-state index < -0.39 is 42.0 Å². The number of carboxylic acid groups (broad SMARTS) is 2. The summed E-state index contributed by atoms with van der Waals surface area (Å²) >= 11 is 0. The number of H-pyrrole nitrogens is 1. The first-order valence-electron chi connectivity index (χ1n) is 11.0. The van der Waals surface area contributed by atoms with E-state index in [0.29, 0.717) is 17.8 Å². The van der Waals surface area contributed by atoms with Crippen molar-refractivity contribution in [1.82, 2.24) is 25.3 Å². The van der Waals surface area contributed by atoms with Crippen LogP contribution in [0.4, 0.5) is 11.6 Å². The molecule has 0 aliphatic rings. The molecule has 2 aromatic heterocycles. The molecule has 0 aliphatic carbocycles. The van der Waals surface area contributed by atoms with Gasteiger partial charge in [0.25, 0.3) is 11.5 Å². The zero-order valence-corrected chi connectivity index (χ0v) is 19.3.